The highest BCUT2D eigenvalue weighted by atomic mass is 16.5. The van der Waals surface area contributed by atoms with E-state index in [0.29, 0.717) is 17.9 Å². The number of ketones is 1. The molecule has 2 aromatic carbocycles. The molecule has 2 rings (SSSR count). The molecule has 0 saturated carbocycles. The summed E-state index contributed by atoms with van der Waals surface area (Å²) in [5.41, 5.74) is 0.716. The number of hydrogen-bond acceptors (Lipinski definition) is 5. The van der Waals surface area contributed by atoms with Crippen LogP contribution in [0.5, 0.6) is 11.5 Å². The van der Waals surface area contributed by atoms with Gasteiger partial charge in [0.2, 0.25) is 5.78 Å². The number of phenols is 1. The van der Waals surface area contributed by atoms with Gasteiger partial charge in [-0.3, -0.25) is 4.79 Å². The van der Waals surface area contributed by atoms with Crippen molar-refractivity contribution in [3.63, 3.8) is 0 Å². The van der Waals surface area contributed by atoms with Crippen LogP contribution in [-0.4, -0.2) is 29.6 Å². The molecule has 1 atom stereocenters. The smallest absolute Gasteiger partial charge is 0.338 e. The Labute approximate surface area is 134 Å². The van der Waals surface area contributed by atoms with Crippen LogP contribution in [0.2, 0.25) is 0 Å². The molecule has 120 valence electrons. The second-order valence-corrected chi connectivity index (χ2v) is 4.92. The molecule has 0 amide bonds. The molecular weight excluding hydrogens is 296 g/mol. The molecule has 0 aliphatic heterocycles. The Bertz CT molecular complexity index is 674. The maximum absolute atomic E-state index is 12.3. The number of hydrogen-bond donors (Lipinski definition) is 1. The monoisotopic (exact) mass is 314 g/mol. The van der Waals surface area contributed by atoms with Crippen molar-refractivity contribution in [2.45, 2.75) is 20.0 Å². The van der Waals surface area contributed by atoms with Crippen molar-refractivity contribution in [2.75, 3.05) is 6.61 Å². The summed E-state index contributed by atoms with van der Waals surface area (Å²) in [6.45, 7) is 3.95. The van der Waals surface area contributed by atoms with Gasteiger partial charge in [0, 0.05) is 5.56 Å². The lowest BCUT2D eigenvalue weighted by atomic mass is 10.1. The number of carbonyl (C=O) groups is 2. The Morgan fingerprint density at radius 2 is 1.57 bits per heavy atom. The van der Waals surface area contributed by atoms with Crippen molar-refractivity contribution in [2.24, 2.45) is 0 Å². The van der Waals surface area contributed by atoms with Crippen molar-refractivity contribution in [3.8, 4) is 11.5 Å². The van der Waals surface area contributed by atoms with E-state index in [4.69, 9.17) is 9.47 Å². The molecule has 0 aromatic heterocycles. The fourth-order valence-electron chi connectivity index (χ4n) is 2.00. The molecule has 0 aliphatic carbocycles. The van der Waals surface area contributed by atoms with Gasteiger partial charge in [-0.15, -0.1) is 0 Å². The Morgan fingerprint density at radius 1 is 1.00 bits per heavy atom. The largest absolute Gasteiger partial charge is 0.508 e. The first-order valence-corrected chi connectivity index (χ1v) is 7.28. The number of esters is 1. The highest BCUT2D eigenvalue weighted by Crippen LogP contribution is 2.16. The third-order valence-corrected chi connectivity index (χ3v) is 3.21. The average molecular weight is 314 g/mol. The first-order chi connectivity index (χ1) is 11.0. The summed E-state index contributed by atoms with van der Waals surface area (Å²) in [5, 5.41) is 9.20. The zero-order valence-electron chi connectivity index (χ0n) is 13.0. The molecule has 0 radical (unpaired) electrons. The number of benzene rings is 2. The molecule has 0 spiro atoms. The van der Waals surface area contributed by atoms with Crippen LogP contribution in [0.25, 0.3) is 0 Å². The van der Waals surface area contributed by atoms with E-state index >= 15 is 0 Å². The van der Waals surface area contributed by atoms with Crippen molar-refractivity contribution >= 4 is 11.8 Å². The Balaban J connectivity index is 2.01. The molecule has 5 heteroatoms. The van der Waals surface area contributed by atoms with E-state index in [0.717, 1.165) is 0 Å². The molecule has 0 bridgehead atoms. The summed E-state index contributed by atoms with van der Waals surface area (Å²) >= 11 is 0. The number of aromatic hydroxyl groups is 1. The van der Waals surface area contributed by atoms with Crippen LogP contribution >= 0.6 is 0 Å². The molecule has 0 heterocycles. The molecule has 1 N–H and O–H groups in total. The molecule has 2 aromatic rings. The van der Waals surface area contributed by atoms with Crippen LogP contribution < -0.4 is 4.74 Å². The Morgan fingerprint density at radius 3 is 2.13 bits per heavy atom. The minimum atomic E-state index is -0.908. The minimum absolute atomic E-state index is 0.0556. The second-order valence-electron chi connectivity index (χ2n) is 4.92. The lowest BCUT2D eigenvalue weighted by Gasteiger charge is -2.13. The van der Waals surface area contributed by atoms with Crippen LogP contribution in [0.4, 0.5) is 0 Å². The summed E-state index contributed by atoms with van der Waals surface area (Å²) in [7, 11) is 0. The molecule has 5 nitrogen and oxygen atoms in total. The molecule has 0 saturated heterocycles. The molecule has 0 fully saturated rings. The molecule has 0 aliphatic rings. The second kappa shape index (κ2) is 7.45. The van der Waals surface area contributed by atoms with Gasteiger partial charge in [-0.1, -0.05) is 0 Å². The predicted molar refractivity (Wildman–Crippen MR) is 84.9 cm³/mol. The number of Topliss-reactive ketones (excluding diaryl/α,β-unsaturated/α-hetero) is 1. The summed E-state index contributed by atoms with van der Waals surface area (Å²) in [4.78, 5) is 24.2. The Hall–Kier alpha value is -2.82. The number of rotatable bonds is 6. The fourth-order valence-corrected chi connectivity index (χ4v) is 2.00. The first-order valence-electron chi connectivity index (χ1n) is 7.28. The minimum Gasteiger partial charge on any atom is -0.508 e. The van der Waals surface area contributed by atoms with E-state index in [9.17, 15) is 14.7 Å². The zero-order valence-corrected chi connectivity index (χ0v) is 13.0. The lowest BCUT2D eigenvalue weighted by molar-refractivity contribution is 0.0319. The van der Waals surface area contributed by atoms with Crippen molar-refractivity contribution in [1.82, 2.24) is 0 Å². The van der Waals surface area contributed by atoms with Crippen molar-refractivity contribution in [1.29, 1.82) is 0 Å². The first kappa shape index (κ1) is 16.5. The topological polar surface area (TPSA) is 72.8 Å². The van der Waals surface area contributed by atoms with E-state index < -0.39 is 12.1 Å². The predicted octanol–water partition coefficient (Wildman–Crippen LogP) is 3.22. The lowest BCUT2D eigenvalue weighted by Crippen LogP contribution is -2.24. The average Bonchev–Trinajstić information content (AvgIpc) is 2.55. The van der Waals surface area contributed by atoms with Crippen LogP contribution in [0, 0.1) is 0 Å². The van der Waals surface area contributed by atoms with Crippen molar-refractivity contribution in [3.05, 3.63) is 59.7 Å². The van der Waals surface area contributed by atoms with E-state index in [2.05, 4.69) is 0 Å². The maximum Gasteiger partial charge on any atom is 0.338 e. The van der Waals surface area contributed by atoms with E-state index in [1.807, 2.05) is 6.92 Å². The van der Waals surface area contributed by atoms with E-state index in [1.165, 1.54) is 31.2 Å². The van der Waals surface area contributed by atoms with E-state index in [1.54, 1.807) is 24.3 Å². The van der Waals surface area contributed by atoms with Gasteiger partial charge in [-0.2, -0.15) is 0 Å². The standard InChI is InChI=1S/C18H18O5/c1-3-22-16-10-6-13(7-11-16)17(20)12(2)23-18(21)14-4-8-15(19)9-5-14/h4-12,19H,3H2,1-2H3/t12-/m0/s1. The normalized spacial score (nSPS) is 11.6. The van der Waals surface area contributed by atoms with Crippen LogP contribution in [0.3, 0.4) is 0 Å². The highest BCUT2D eigenvalue weighted by Gasteiger charge is 2.20. The number of phenolic OH excluding ortho intramolecular Hbond substituents is 1. The maximum atomic E-state index is 12.3. The summed E-state index contributed by atoms with van der Waals surface area (Å²) in [6.07, 6.45) is -0.908. The van der Waals surface area contributed by atoms with Gasteiger partial charge in [0.1, 0.15) is 11.5 Å². The third-order valence-electron chi connectivity index (χ3n) is 3.21. The SMILES string of the molecule is CCOc1ccc(C(=O)[C@H](C)OC(=O)c2ccc(O)cc2)cc1. The van der Waals surface area contributed by atoms with Crippen LogP contribution in [0.1, 0.15) is 34.6 Å². The highest BCUT2D eigenvalue weighted by molar-refractivity contribution is 6.01. The zero-order chi connectivity index (χ0) is 16.8. The quantitative estimate of drug-likeness (QED) is 0.654. The van der Waals surface area contributed by atoms with Crippen LogP contribution in [0.15, 0.2) is 48.5 Å². The molecular formula is C18H18O5. The van der Waals surface area contributed by atoms with Gasteiger partial charge in [-0.25, -0.2) is 4.79 Å². The van der Waals surface area contributed by atoms with Gasteiger partial charge >= 0.3 is 5.97 Å². The summed E-state index contributed by atoms with van der Waals surface area (Å²) < 4.78 is 10.5. The van der Waals surface area contributed by atoms with Gasteiger partial charge in [0.05, 0.1) is 12.2 Å². The molecule has 23 heavy (non-hydrogen) atoms. The van der Waals surface area contributed by atoms with Gasteiger partial charge in [-0.05, 0) is 62.4 Å². The van der Waals surface area contributed by atoms with Crippen molar-refractivity contribution < 1.29 is 24.2 Å². The third kappa shape index (κ3) is 4.32. The summed E-state index contributed by atoms with van der Waals surface area (Å²) in [5.74, 6) is -0.171. The van der Waals surface area contributed by atoms with Gasteiger partial charge in [0.25, 0.3) is 0 Å². The molecule has 0 unspecified atom stereocenters. The fraction of sp³-hybridized carbons (Fsp3) is 0.222. The Kier molecular flexibility index (Phi) is 5.36. The van der Waals surface area contributed by atoms with Gasteiger partial charge in [0.15, 0.2) is 6.10 Å². The summed E-state index contributed by atoms with van der Waals surface area (Å²) in [6, 6.07) is 12.3. The number of carbonyl (C=O) groups excluding carboxylic acids is 2. The van der Waals surface area contributed by atoms with Crippen LogP contribution in [-0.2, 0) is 4.74 Å². The van der Waals surface area contributed by atoms with Gasteiger partial charge < -0.3 is 14.6 Å². The number of ether oxygens (including phenoxy) is 2. The van der Waals surface area contributed by atoms with E-state index in [-0.39, 0.29) is 17.1 Å².